The van der Waals surface area contributed by atoms with Crippen LogP contribution in [0.5, 0.6) is 0 Å². The number of halogens is 6. The van der Waals surface area contributed by atoms with Gasteiger partial charge >= 0.3 is 6.18 Å². The molecule has 0 radical (unpaired) electrons. The molecule has 5 rings (SSSR count). The van der Waals surface area contributed by atoms with E-state index >= 15 is 4.39 Å². The summed E-state index contributed by atoms with van der Waals surface area (Å²) in [6, 6.07) is 3.79. The van der Waals surface area contributed by atoms with E-state index < -0.39 is 34.6 Å². The molecule has 0 aromatic heterocycles. The van der Waals surface area contributed by atoms with Gasteiger partial charge in [0.05, 0.1) is 10.9 Å². The molecule has 0 saturated heterocycles. The summed E-state index contributed by atoms with van der Waals surface area (Å²) in [6.07, 6.45) is 13.2. The summed E-state index contributed by atoms with van der Waals surface area (Å²) in [4.78, 5) is 0. The Bertz CT molecular complexity index is 1310. The highest BCUT2D eigenvalue weighted by molar-refractivity contribution is 5.86. The lowest BCUT2D eigenvalue weighted by molar-refractivity contribution is -0.0696. The van der Waals surface area contributed by atoms with Crippen LogP contribution < -0.4 is 0 Å². The van der Waals surface area contributed by atoms with Crippen LogP contribution in [0.2, 0.25) is 0 Å². The predicted octanol–water partition coefficient (Wildman–Crippen LogP) is 10.8. The lowest BCUT2D eigenvalue weighted by Gasteiger charge is -2.45. The lowest BCUT2D eigenvalue weighted by Crippen LogP contribution is -2.33. The number of hydrogen-bond acceptors (Lipinski definition) is 0. The quantitative estimate of drug-likeness (QED) is 0.143. The van der Waals surface area contributed by atoms with Crippen molar-refractivity contribution in [1.29, 1.82) is 0 Å². The molecule has 2 aromatic rings. The van der Waals surface area contributed by atoms with Crippen molar-refractivity contribution in [3.8, 4) is 11.8 Å². The molecule has 216 valence electrons. The van der Waals surface area contributed by atoms with Crippen LogP contribution in [0.3, 0.4) is 0 Å². The van der Waals surface area contributed by atoms with Crippen molar-refractivity contribution in [1.82, 2.24) is 0 Å². The first kappa shape index (κ1) is 29.1. The van der Waals surface area contributed by atoms with Crippen LogP contribution in [0, 0.1) is 53.0 Å². The third-order valence-corrected chi connectivity index (χ3v) is 9.87. The Balaban J connectivity index is 1.24. The smallest absolute Gasteiger partial charge is 0.206 e. The van der Waals surface area contributed by atoms with Crippen LogP contribution in [0.1, 0.15) is 107 Å². The van der Waals surface area contributed by atoms with E-state index in [1.807, 2.05) is 0 Å². The molecular formula is C34H38F6. The fourth-order valence-electron chi connectivity index (χ4n) is 7.74. The van der Waals surface area contributed by atoms with E-state index in [9.17, 15) is 22.0 Å². The fraction of sp³-hybridized carbons (Fsp3) is 0.588. The molecule has 0 amide bonds. The van der Waals surface area contributed by atoms with E-state index in [1.165, 1.54) is 76.2 Å². The average molecular weight is 561 g/mol. The number of rotatable bonds is 6. The monoisotopic (exact) mass is 560 g/mol. The number of fused-ring (bicyclic) bond motifs is 2. The Labute approximate surface area is 233 Å². The van der Waals surface area contributed by atoms with E-state index in [4.69, 9.17) is 0 Å². The SMILES string of the molecule is CCCCCC1=CCC(C2CCC3CC(c4cc(F)c5c(F)c(C#CC(F)(F)F)c(F)cc5c4)CCC3C2)CC1. The van der Waals surface area contributed by atoms with Gasteiger partial charge in [0.2, 0.25) is 0 Å². The summed E-state index contributed by atoms with van der Waals surface area (Å²) >= 11 is 0. The van der Waals surface area contributed by atoms with Crippen LogP contribution in [-0.4, -0.2) is 6.18 Å². The highest BCUT2D eigenvalue weighted by Gasteiger charge is 2.38. The molecule has 2 saturated carbocycles. The standard InChI is InChI=1S/C34H38F6/c1-2-3-4-5-21-6-8-22(9-7-21)23-10-11-25-17-26(13-12-24(25)16-23)27-18-28-20-30(35)29(14-15-34(38,39)40)33(37)32(28)31(36)19-27/h6,18-20,22-26H,2-5,7-13,16-17H2,1H3. The van der Waals surface area contributed by atoms with Crippen LogP contribution >= 0.6 is 0 Å². The first-order valence-corrected chi connectivity index (χ1v) is 15.0. The Hall–Kier alpha value is -2.42. The van der Waals surface area contributed by atoms with Crippen molar-refractivity contribution in [3.05, 3.63) is 58.4 Å². The third kappa shape index (κ3) is 6.55. The predicted molar refractivity (Wildman–Crippen MR) is 147 cm³/mol. The Morgan fingerprint density at radius 3 is 2.25 bits per heavy atom. The maximum absolute atomic E-state index is 15.1. The molecule has 6 heteroatoms. The second-order valence-electron chi connectivity index (χ2n) is 12.4. The minimum atomic E-state index is -4.90. The van der Waals surface area contributed by atoms with Gasteiger partial charge in [0.1, 0.15) is 11.6 Å². The summed E-state index contributed by atoms with van der Waals surface area (Å²) in [5, 5.41) is -0.492. The summed E-state index contributed by atoms with van der Waals surface area (Å²) in [6.45, 7) is 2.25. The molecule has 3 aliphatic carbocycles. The summed E-state index contributed by atoms with van der Waals surface area (Å²) in [7, 11) is 0. The van der Waals surface area contributed by atoms with Crippen LogP contribution in [0.4, 0.5) is 26.3 Å². The van der Waals surface area contributed by atoms with Gasteiger partial charge in [0.25, 0.3) is 0 Å². The summed E-state index contributed by atoms with van der Waals surface area (Å²) in [5.41, 5.74) is 1.31. The van der Waals surface area contributed by atoms with E-state index in [1.54, 1.807) is 11.6 Å². The lowest BCUT2D eigenvalue weighted by atomic mass is 9.61. The molecular weight excluding hydrogens is 522 g/mol. The van der Waals surface area contributed by atoms with Crippen molar-refractivity contribution in [2.45, 2.75) is 102 Å². The van der Waals surface area contributed by atoms with Gasteiger partial charge in [-0.3, -0.25) is 0 Å². The van der Waals surface area contributed by atoms with Gasteiger partial charge in [-0.1, -0.05) is 43.4 Å². The number of benzene rings is 2. The van der Waals surface area contributed by atoms with Gasteiger partial charge in [0.15, 0.2) is 5.82 Å². The number of unbranched alkanes of at least 4 members (excludes halogenated alkanes) is 2. The van der Waals surface area contributed by atoms with Gasteiger partial charge in [-0.05, 0) is 123 Å². The summed E-state index contributed by atoms with van der Waals surface area (Å²) < 4.78 is 81.9. The van der Waals surface area contributed by atoms with Crippen LogP contribution in [0.15, 0.2) is 29.8 Å². The molecule has 3 aliphatic rings. The van der Waals surface area contributed by atoms with E-state index in [2.05, 4.69) is 13.0 Å². The second kappa shape index (κ2) is 12.2. The highest BCUT2D eigenvalue weighted by atomic mass is 19.4. The Morgan fingerprint density at radius 1 is 0.825 bits per heavy atom. The topological polar surface area (TPSA) is 0 Å². The molecule has 2 fully saturated rings. The molecule has 5 unspecified atom stereocenters. The normalized spacial score (nSPS) is 27.1. The van der Waals surface area contributed by atoms with E-state index in [0.29, 0.717) is 17.4 Å². The first-order valence-electron chi connectivity index (χ1n) is 15.0. The molecule has 40 heavy (non-hydrogen) atoms. The van der Waals surface area contributed by atoms with Crippen molar-refractivity contribution < 1.29 is 26.3 Å². The highest BCUT2D eigenvalue weighted by Crippen LogP contribution is 2.51. The van der Waals surface area contributed by atoms with Crippen LogP contribution in [-0.2, 0) is 0 Å². The van der Waals surface area contributed by atoms with Crippen molar-refractivity contribution in [2.75, 3.05) is 0 Å². The summed E-state index contributed by atoms with van der Waals surface area (Å²) in [5.74, 6) is 1.82. The molecule has 0 nitrogen and oxygen atoms in total. The molecule has 0 N–H and O–H groups in total. The molecule has 5 atom stereocenters. The zero-order valence-corrected chi connectivity index (χ0v) is 23.2. The number of hydrogen-bond donors (Lipinski definition) is 0. The Kier molecular flexibility index (Phi) is 8.88. The number of allylic oxidation sites excluding steroid dienone is 2. The average Bonchev–Trinajstić information content (AvgIpc) is 2.92. The molecule has 0 bridgehead atoms. The minimum Gasteiger partial charge on any atom is -0.206 e. The van der Waals surface area contributed by atoms with Crippen molar-refractivity contribution >= 4 is 10.8 Å². The Morgan fingerprint density at radius 2 is 1.55 bits per heavy atom. The molecule has 0 heterocycles. The zero-order chi connectivity index (χ0) is 28.4. The van der Waals surface area contributed by atoms with Gasteiger partial charge in [-0.25, -0.2) is 13.2 Å². The third-order valence-electron chi connectivity index (χ3n) is 9.87. The number of alkyl halides is 3. The fourth-order valence-corrected chi connectivity index (χ4v) is 7.74. The van der Waals surface area contributed by atoms with Gasteiger partial charge in [-0.2, -0.15) is 13.2 Å². The largest absolute Gasteiger partial charge is 0.458 e. The molecule has 0 aliphatic heterocycles. The van der Waals surface area contributed by atoms with Crippen molar-refractivity contribution in [2.24, 2.45) is 23.7 Å². The molecule has 0 spiro atoms. The minimum absolute atomic E-state index is 0.0211. The zero-order valence-electron chi connectivity index (χ0n) is 23.2. The molecule has 2 aromatic carbocycles. The van der Waals surface area contributed by atoms with Gasteiger partial charge in [-0.15, -0.1) is 0 Å². The van der Waals surface area contributed by atoms with Gasteiger partial charge < -0.3 is 0 Å². The first-order chi connectivity index (χ1) is 19.1. The van der Waals surface area contributed by atoms with Gasteiger partial charge in [0, 0.05) is 5.92 Å². The van der Waals surface area contributed by atoms with E-state index in [0.717, 1.165) is 43.1 Å². The van der Waals surface area contributed by atoms with Crippen LogP contribution in [0.25, 0.3) is 10.8 Å². The van der Waals surface area contributed by atoms with Crippen molar-refractivity contribution in [3.63, 3.8) is 0 Å². The second-order valence-corrected chi connectivity index (χ2v) is 12.4. The maximum Gasteiger partial charge on any atom is 0.458 e. The maximum atomic E-state index is 15.1. The van der Waals surface area contributed by atoms with E-state index in [-0.39, 0.29) is 11.3 Å².